The van der Waals surface area contributed by atoms with Crippen molar-refractivity contribution in [2.45, 2.75) is 6.61 Å². The number of benzene rings is 1. The number of nitrogens with zero attached hydrogens (tertiary/aromatic N) is 3. The van der Waals surface area contributed by atoms with Crippen LogP contribution in [0.4, 0.5) is 5.95 Å². The van der Waals surface area contributed by atoms with Gasteiger partial charge in [0.1, 0.15) is 6.61 Å². The molecule has 0 amide bonds. The van der Waals surface area contributed by atoms with Gasteiger partial charge in [-0.3, -0.25) is 0 Å². The van der Waals surface area contributed by atoms with Crippen molar-refractivity contribution in [3.8, 4) is 12.0 Å². The first kappa shape index (κ1) is 13.5. The number of nitrogens with one attached hydrogen (secondary N) is 1. The third-order valence-electron chi connectivity index (χ3n) is 2.26. The van der Waals surface area contributed by atoms with Gasteiger partial charge in [-0.1, -0.05) is 28.1 Å². The second-order valence-corrected chi connectivity index (χ2v) is 4.51. The number of anilines is 1. The van der Waals surface area contributed by atoms with E-state index in [1.807, 2.05) is 24.3 Å². The molecule has 1 N–H and O–H groups in total. The standard InChI is InChI=1S/C12H13BrN4O2/c1-14-10-15-11(18-2)17-12(16-10)19-7-8-4-3-5-9(13)6-8/h3-6H,7H2,1-2H3,(H,14,15,16,17). The maximum absolute atomic E-state index is 5.53. The lowest BCUT2D eigenvalue weighted by Crippen LogP contribution is -2.05. The minimum atomic E-state index is 0.212. The summed E-state index contributed by atoms with van der Waals surface area (Å²) in [4.78, 5) is 12.1. The lowest BCUT2D eigenvalue weighted by atomic mass is 10.2. The number of ether oxygens (including phenoxy) is 2. The topological polar surface area (TPSA) is 69.2 Å². The van der Waals surface area contributed by atoms with E-state index in [1.54, 1.807) is 7.05 Å². The van der Waals surface area contributed by atoms with Crippen molar-refractivity contribution in [1.82, 2.24) is 15.0 Å². The molecule has 7 heteroatoms. The lowest BCUT2D eigenvalue weighted by Gasteiger charge is -2.07. The number of aromatic nitrogens is 3. The summed E-state index contributed by atoms with van der Waals surface area (Å²) in [7, 11) is 3.21. The molecule has 19 heavy (non-hydrogen) atoms. The highest BCUT2D eigenvalue weighted by Gasteiger charge is 2.07. The van der Waals surface area contributed by atoms with E-state index in [1.165, 1.54) is 7.11 Å². The number of methoxy groups -OCH3 is 1. The van der Waals surface area contributed by atoms with Crippen LogP contribution in [-0.4, -0.2) is 29.1 Å². The van der Waals surface area contributed by atoms with Gasteiger partial charge in [0, 0.05) is 11.5 Å². The Morgan fingerprint density at radius 1 is 1.21 bits per heavy atom. The van der Waals surface area contributed by atoms with Crippen molar-refractivity contribution in [3.63, 3.8) is 0 Å². The van der Waals surface area contributed by atoms with Crippen LogP contribution < -0.4 is 14.8 Å². The van der Waals surface area contributed by atoms with E-state index < -0.39 is 0 Å². The van der Waals surface area contributed by atoms with Crippen LogP contribution >= 0.6 is 15.9 Å². The molecule has 0 unspecified atom stereocenters. The van der Waals surface area contributed by atoms with Gasteiger partial charge in [-0.15, -0.1) is 4.98 Å². The van der Waals surface area contributed by atoms with E-state index >= 15 is 0 Å². The van der Waals surface area contributed by atoms with Crippen LogP contribution in [0.15, 0.2) is 28.7 Å². The Labute approximate surface area is 119 Å². The van der Waals surface area contributed by atoms with Crippen LogP contribution in [0.3, 0.4) is 0 Å². The molecule has 0 aliphatic carbocycles. The van der Waals surface area contributed by atoms with Crippen LogP contribution in [0.5, 0.6) is 12.0 Å². The molecule has 1 aromatic heterocycles. The zero-order chi connectivity index (χ0) is 13.7. The summed E-state index contributed by atoms with van der Waals surface area (Å²) in [6.07, 6.45) is 0. The van der Waals surface area contributed by atoms with Crippen molar-refractivity contribution in [2.75, 3.05) is 19.5 Å². The third-order valence-corrected chi connectivity index (χ3v) is 2.75. The van der Waals surface area contributed by atoms with Crippen molar-refractivity contribution in [2.24, 2.45) is 0 Å². The van der Waals surface area contributed by atoms with Crippen LogP contribution in [-0.2, 0) is 6.61 Å². The summed E-state index contributed by atoms with van der Waals surface area (Å²) in [6, 6.07) is 8.25. The van der Waals surface area contributed by atoms with Gasteiger partial charge in [0.05, 0.1) is 7.11 Å². The van der Waals surface area contributed by atoms with Crippen LogP contribution in [0.1, 0.15) is 5.56 Å². The smallest absolute Gasteiger partial charge is 0.324 e. The highest BCUT2D eigenvalue weighted by Crippen LogP contribution is 2.15. The molecule has 0 bridgehead atoms. The fraction of sp³-hybridized carbons (Fsp3) is 0.250. The number of hydrogen-bond acceptors (Lipinski definition) is 6. The zero-order valence-corrected chi connectivity index (χ0v) is 12.1. The van der Waals surface area contributed by atoms with Crippen LogP contribution in [0.2, 0.25) is 0 Å². The fourth-order valence-corrected chi connectivity index (χ4v) is 1.83. The van der Waals surface area contributed by atoms with Crippen molar-refractivity contribution in [1.29, 1.82) is 0 Å². The Hall–Kier alpha value is -1.89. The second-order valence-electron chi connectivity index (χ2n) is 3.60. The molecule has 0 radical (unpaired) electrons. The Morgan fingerprint density at radius 2 is 2.00 bits per heavy atom. The maximum Gasteiger partial charge on any atom is 0.324 e. The van der Waals surface area contributed by atoms with E-state index in [2.05, 4.69) is 36.2 Å². The number of rotatable bonds is 5. The molecule has 2 aromatic rings. The third kappa shape index (κ3) is 3.78. The first-order valence-electron chi connectivity index (χ1n) is 5.56. The fourth-order valence-electron chi connectivity index (χ4n) is 1.38. The highest BCUT2D eigenvalue weighted by molar-refractivity contribution is 9.10. The van der Waals surface area contributed by atoms with Gasteiger partial charge in [0.25, 0.3) is 0 Å². The van der Waals surface area contributed by atoms with E-state index in [9.17, 15) is 0 Å². The van der Waals surface area contributed by atoms with Gasteiger partial charge in [-0.25, -0.2) is 0 Å². The molecule has 0 fully saturated rings. The molecular weight excluding hydrogens is 312 g/mol. The van der Waals surface area contributed by atoms with Gasteiger partial charge < -0.3 is 14.8 Å². The van der Waals surface area contributed by atoms with Gasteiger partial charge in [0.2, 0.25) is 5.95 Å². The number of hydrogen-bond donors (Lipinski definition) is 1. The average Bonchev–Trinajstić information content (AvgIpc) is 2.44. The van der Waals surface area contributed by atoms with Crippen LogP contribution in [0.25, 0.3) is 0 Å². The first-order chi connectivity index (χ1) is 9.21. The Morgan fingerprint density at radius 3 is 2.68 bits per heavy atom. The minimum absolute atomic E-state index is 0.212. The van der Waals surface area contributed by atoms with E-state index in [-0.39, 0.29) is 12.0 Å². The largest absolute Gasteiger partial charge is 0.467 e. The molecule has 6 nitrogen and oxygen atoms in total. The van der Waals surface area contributed by atoms with Gasteiger partial charge >= 0.3 is 12.0 Å². The summed E-state index contributed by atoms with van der Waals surface area (Å²) >= 11 is 3.41. The Balaban J connectivity index is 2.10. The molecule has 1 aromatic carbocycles. The maximum atomic E-state index is 5.53. The molecule has 0 aliphatic heterocycles. The lowest BCUT2D eigenvalue weighted by molar-refractivity contribution is 0.271. The van der Waals surface area contributed by atoms with E-state index in [0.29, 0.717) is 12.6 Å². The summed E-state index contributed by atoms with van der Waals surface area (Å²) in [6.45, 7) is 0.371. The summed E-state index contributed by atoms with van der Waals surface area (Å²) < 4.78 is 11.5. The Bertz CT molecular complexity index is 543. The summed E-state index contributed by atoms with van der Waals surface area (Å²) in [5.74, 6) is 0.399. The van der Waals surface area contributed by atoms with Crippen LogP contribution in [0, 0.1) is 0 Å². The normalized spacial score (nSPS) is 10.1. The van der Waals surface area contributed by atoms with Gasteiger partial charge in [-0.2, -0.15) is 9.97 Å². The minimum Gasteiger partial charge on any atom is -0.467 e. The molecule has 0 saturated heterocycles. The molecule has 1 heterocycles. The van der Waals surface area contributed by atoms with E-state index in [4.69, 9.17) is 9.47 Å². The molecule has 0 aliphatic rings. The van der Waals surface area contributed by atoms with Crippen molar-refractivity contribution >= 4 is 21.9 Å². The van der Waals surface area contributed by atoms with E-state index in [0.717, 1.165) is 10.0 Å². The molecule has 2 rings (SSSR count). The average molecular weight is 325 g/mol. The highest BCUT2D eigenvalue weighted by atomic mass is 79.9. The molecular formula is C12H13BrN4O2. The summed E-state index contributed by atoms with van der Waals surface area (Å²) in [5.41, 5.74) is 1.01. The second kappa shape index (κ2) is 6.33. The monoisotopic (exact) mass is 324 g/mol. The van der Waals surface area contributed by atoms with Gasteiger partial charge in [-0.05, 0) is 17.7 Å². The molecule has 0 saturated carbocycles. The first-order valence-corrected chi connectivity index (χ1v) is 6.35. The van der Waals surface area contributed by atoms with Crippen molar-refractivity contribution < 1.29 is 9.47 Å². The molecule has 0 spiro atoms. The number of halogens is 1. The SMILES string of the molecule is CNc1nc(OC)nc(OCc2cccc(Br)c2)n1. The quantitative estimate of drug-likeness (QED) is 0.909. The zero-order valence-electron chi connectivity index (χ0n) is 10.6. The molecule has 100 valence electrons. The summed E-state index contributed by atoms with van der Waals surface area (Å²) in [5, 5.41) is 2.82. The van der Waals surface area contributed by atoms with Crippen molar-refractivity contribution in [3.05, 3.63) is 34.3 Å². The van der Waals surface area contributed by atoms with Gasteiger partial charge in [0.15, 0.2) is 0 Å². The molecule has 0 atom stereocenters. The predicted octanol–water partition coefficient (Wildman–Crippen LogP) is 2.26. The predicted molar refractivity (Wildman–Crippen MR) is 74.4 cm³/mol. The Kier molecular flexibility index (Phi) is 4.51.